The summed E-state index contributed by atoms with van der Waals surface area (Å²) in [6, 6.07) is 21.4. The fraction of sp³-hybridized carbons (Fsp3) is 0.290. The van der Waals surface area contributed by atoms with Crippen LogP contribution in [0.2, 0.25) is 0 Å². The third-order valence-corrected chi connectivity index (χ3v) is 6.54. The number of aliphatic hydroxyl groups is 1. The Kier molecular flexibility index (Phi) is 7.39. The summed E-state index contributed by atoms with van der Waals surface area (Å²) in [5, 5.41) is 11.3. The van der Waals surface area contributed by atoms with Crippen molar-refractivity contribution in [1.29, 1.82) is 0 Å². The van der Waals surface area contributed by atoms with Crippen molar-refractivity contribution in [2.24, 2.45) is 0 Å². The number of benzene rings is 3. The van der Waals surface area contributed by atoms with Crippen LogP contribution in [-0.2, 0) is 21.5 Å². The number of Topliss-reactive ketones (excluding diaryl/α,β-unsaturated/α-hetero) is 1. The fourth-order valence-corrected chi connectivity index (χ4v) is 4.58. The quantitative estimate of drug-likeness (QED) is 0.245. The Labute approximate surface area is 218 Å². The van der Waals surface area contributed by atoms with Gasteiger partial charge in [0.25, 0.3) is 11.7 Å². The lowest BCUT2D eigenvalue weighted by Gasteiger charge is -2.27. The molecule has 1 aliphatic heterocycles. The Bertz CT molecular complexity index is 1330. The highest BCUT2D eigenvalue weighted by atomic mass is 16.5. The number of amides is 1. The largest absolute Gasteiger partial charge is 0.507 e. The Morgan fingerprint density at radius 3 is 2.27 bits per heavy atom. The van der Waals surface area contributed by atoms with Crippen LogP contribution in [0.3, 0.4) is 0 Å². The lowest BCUT2D eigenvalue weighted by Crippen LogP contribution is -2.29. The van der Waals surface area contributed by atoms with Gasteiger partial charge in [0.2, 0.25) is 0 Å². The molecule has 3 aromatic carbocycles. The van der Waals surface area contributed by atoms with Crippen LogP contribution in [0, 0.1) is 0 Å². The number of likely N-dealkylation sites (tertiary alicyclic amines) is 1. The number of carbonyl (C=O) groups is 2. The van der Waals surface area contributed by atoms with Crippen LogP contribution in [0.5, 0.6) is 11.5 Å². The number of rotatable bonds is 7. The molecule has 1 amide bonds. The third kappa shape index (κ3) is 5.38. The lowest BCUT2D eigenvalue weighted by molar-refractivity contribution is -0.140. The van der Waals surface area contributed by atoms with E-state index in [4.69, 9.17) is 9.47 Å². The first-order chi connectivity index (χ1) is 17.6. The predicted octanol–water partition coefficient (Wildman–Crippen LogP) is 6.01. The van der Waals surface area contributed by atoms with Gasteiger partial charge in [0.1, 0.15) is 17.3 Å². The molecule has 6 heteroatoms. The first-order valence-electron chi connectivity index (χ1n) is 12.4. The summed E-state index contributed by atoms with van der Waals surface area (Å²) < 4.78 is 10.9. The highest BCUT2D eigenvalue weighted by Crippen LogP contribution is 2.41. The standard InChI is InChI=1S/C31H33NO5/c1-6-37-25-12-7-9-20(17-25)19-32-27(21-13-15-23(16-14-21)31(2,3)4)26(29(34)30(32)35)28(33)22-10-8-11-24(18-22)36-5/h7-18,27,33H,6,19H2,1-5H3/b28-26-. The highest BCUT2D eigenvalue weighted by molar-refractivity contribution is 6.46. The number of methoxy groups -OCH3 is 1. The van der Waals surface area contributed by atoms with Crippen molar-refractivity contribution >= 4 is 17.4 Å². The number of hydrogen-bond donors (Lipinski definition) is 1. The molecular formula is C31H33NO5. The minimum atomic E-state index is -0.754. The van der Waals surface area contributed by atoms with Gasteiger partial charge in [0, 0.05) is 12.1 Å². The predicted molar refractivity (Wildman–Crippen MR) is 144 cm³/mol. The van der Waals surface area contributed by atoms with Crippen molar-refractivity contribution < 1.29 is 24.2 Å². The van der Waals surface area contributed by atoms with Crippen molar-refractivity contribution in [1.82, 2.24) is 4.90 Å². The zero-order valence-corrected chi connectivity index (χ0v) is 21.9. The maximum absolute atomic E-state index is 13.4. The number of ether oxygens (including phenoxy) is 2. The molecule has 1 saturated heterocycles. The molecule has 0 aromatic heterocycles. The average molecular weight is 500 g/mol. The summed E-state index contributed by atoms with van der Waals surface area (Å²) in [6.45, 7) is 9.00. The van der Waals surface area contributed by atoms with Gasteiger partial charge in [-0.15, -0.1) is 0 Å². The maximum atomic E-state index is 13.4. The Morgan fingerprint density at radius 2 is 1.62 bits per heavy atom. The van der Waals surface area contributed by atoms with E-state index in [0.717, 1.165) is 16.7 Å². The van der Waals surface area contributed by atoms with E-state index in [2.05, 4.69) is 20.8 Å². The van der Waals surface area contributed by atoms with E-state index < -0.39 is 17.7 Å². The number of aliphatic hydroxyl groups excluding tert-OH is 1. The van der Waals surface area contributed by atoms with Gasteiger partial charge in [0.05, 0.1) is 25.3 Å². The molecule has 192 valence electrons. The summed E-state index contributed by atoms with van der Waals surface area (Å²) >= 11 is 0. The van der Waals surface area contributed by atoms with Crippen molar-refractivity contribution in [3.05, 3.63) is 101 Å². The zero-order valence-electron chi connectivity index (χ0n) is 21.9. The van der Waals surface area contributed by atoms with Gasteiger partial charge < -0.3 is 19.5 Å². The normalized spacial score (nSPS) is 17.2. The van der Waals surface area contributed by atoms with Crippen LogP contribution in [0.1, 0.15) is 56.0 Å². The van der Waals surface area contributed by atoms with Crippen molar-refractivity contribution in [2.45, 2.75) is 45.7 Å². The van der Waals surface area contributed by atoms with E-state index in [9.17, 15) is 14.7 Å². The van der Waals surface area contributed by atoms with Crippen molar-refractivity contribution in [2.75, 3.05) is 13.7 Å². The topological polar surface area (TPSA) is 76.1 Å². The van der Waals surface area contributed by atoms with E-state index in [0.29, 0.717) is 23.7 Å². The number of hydrogen-bond acceptors (Lipinski definition) is 5. The van der Waals surface area contributed by atoms with Crippen molar-refractivity contribution in [3.8, 4) is 11.5 Å². The molecule has 0 aliphatic carbocycles. The molecule has 0 saturated carbocycles. The summed E-state index contributed by atoms with van der Waals surface area (Å²) in [5.41, 5.74) is 3.11. The monoisotopic (exact) mass is 499 g/mol. The molecule has 1 atom stereocenters. The van der Waals surface area contributed by atoms with Gasteiger partial charge in [-0.1, -0.05) is 69.3 Å². The van der Waals surface area contributed by atoms with Gasteiger partial charge in [-0.05, 0) is 53.3 Å². The Morgan fingerprint density at radius 1 is 0.946 bits per heavy atom. The minimum absolute atomic E-state index is 0.0549. The van der Waals surface area contributed by atoms with Crippen LogP contribution < -0.4 is 9.47 Å². The molecule has 37 heavy (non-hydrogen) atoms. The second-order valence-electron chi connectivity index (χ2n) is 10.1. The summed E-state index contributed by atoms with van der Waals surface area (Å²) in [4.78, 5) is 28.3. The van der Waals surface area contributed by atoms with Crippen LogP contribution in [-0.4, -0.2) is 35.4 Å². The number of ketones is 1. The lowest BCUT2D eigenvalue weighted by atomic mass is 9.85. The molecule has 3 aromatic rings. The van der Waals surface area contributed by atoms with E-state index in [1.807, 2.05) is 55.5 Å². The van der Waals surface area contributed by atoms with Crippen LogP contribution in [0.15, 0.2) is 78.4 Å². The zero-order chi connectivity index (χ0) is 26.7. The number of carbonyl (C=O) groups excluding carboxylic acids is 2. The highest BCUT2D eigenvalue weighted by Gasteiger charge is 2.46. The Balaban J connectivity index is 1.84. The molecule has 1 heterocycles. The smallest absolute Gasteiger partial charge is 0.295 e. The molecule has 0 spiro atoms. The second-order valence-corrected chi connectivity index (χ2v) is 10.1. The van der Waals surface area contributed by atoms with E-state index in [1.165, 1.54) is 12.0 Å². The van der Waals surface area contributed by atoms with Gasteiger partial charge in [0.15, 0.2) is 0 Å². The van der Waals surface area contributed by atoms with E-state index in [1.54, 1.807) is 24.3 Å². The minimum Gasteiger partial charge on any atom is -0.507 e. The molecule has 0 radical (unpaired) electrons. The van der Waals surface area contributed by atoms with Crippen molar-refractivity contribution in [3.63, 3.8) is 0 Å². The van der Waals surface area contributed by atoms with E-state index in [-0.39, 0.29) is 23.3 Å². The van der Waals surface area contributed by atoms with Crippen LogP contribution in [0.4, 0.5) is 0 Å². The Hall–Kier alpha value is -4.06. The molecule has 1 fully saturated rings. The maximum Gasteiger partial charge on any atom is 0.295 e. The van der Waals surface area contributed by atoms with Gasteiger partial charge in [-0.3, -0.25) is 9.59 Å². The molecule has 1 aliphatic rings. The molecule has 4 rings (SSSR count). The molecule has 1 N–H and O–H groups in total. The first-order valence-corrected chi connectivity index (χ1v) is 12.4. The molecule has 0 bridgehead atoms. The molecule has 6 nitrogen and oxygen atoms in total. The van der Waals surface area contributed by atoms with Crippen LogP contribution >= 0.6 is 0 Å². The van der Waals surface area contributed by atoms with Crippen LogP contribution in [0.25, 0.3) is 5.76 Å². The average Bonchev–Trinajstić information content (AvgIpc) is 3.13. The third-order valence-electron chi connectivity index (χ3n) is 6.54. The van der Waals surface area contributed by atoms with Gasteiger partial charge >= 0.3 is 0 Å². The van der Waals surface area contributed by atoms with E-state index >= 15 is 0 Å². The fourth-order valence-electron chi connectivity index (χ4n) is 4.58. The first kappa shape index (κ1) is 26.0. The molecule has 1 unspecified atom stereocenters. The summed E-state index contributed by atoms with van der Waals surface area (Å²) in [7, 11) is 1.53. The van der Waals surface area contributed by atoms with Gasteiger partial charge in [-0.2, -0.15) is 0 Å². The SMILES string of the molecule is CCOc1cccc(CN2C(=O)C(=O)/C(=C(\O)c3cccc(OC)c3)C2c2ccc(C(C)(C)C)cc2)c1. The molecular weight excluding hydrogens is 466 g/mol. The second kappa shape index (κ2) is 10.5. The summed E-state index contributed by atoms with van der Waals surface area (Å²) in [5.74, 6) is -0.369. The summed E-state index contributed by atoms with van der Waals surface area (Å²) in [6.07, 6.45) is 0. The number of nitrogens with zero attached hydrogens (tertiary/aromatic N) is 1. The van der Waals surface area contributed by atoms with Gasteiger partial charge in [-0.25, -0.2) is 0 Å².